The number of fused-ring (bicyclic) bond motifs is 1. The maximum Gasteiger partial charge on any atom is 0.0611 e. The Balaban J connectivity index is 1.56. The van der Waals surface area contributed by atoms with Gasteiger partial charge in [-0.25, -0.2) is 0 Å². The Hall–Kier alpha value is -0.160. The number of aliphatic hydroxyl groups excluding tert-OH is 1. The number of nitrogens with one attached hydrogen (secondary N) is 1. The van der Waals surface area contributed by atoms with E-state index in [0.29, 0.717) is 12.1 Å². The average Bonchev–Trinajstić information content (AvgIpc) is 3.20. The Kier molecular flexibility index (Phi) is 4.89. The van der Waals surface area contributed by atoms with Crippen LogP contribution in [-0.4, -0.2) is 71.4 Å². The zero-order valence-electron chi connectivity index (χ0n) is 13.9. The molecular formula is C17H33N3O. The normalized spacial score (nSPS) is 32.4. The largest absolute Gasteiger partial charge is 0.394 e. The molecule has 1 aliphatic carbocycles. The van der Waals surface area contributed by atoms with Gasteiger partial charge in [-0.05, 0) is 72.0 Å². The highest BCUT2D eigenvalue weighted by atomic mass is 16.3. The van der Waals surface area contributed by atoms with Crippen molar-refractivity contribution >= 4 is 0 Å². The van der Waals surface area contributed by atoms with Crippen molar-refractivity contribution in [2.45, 2.75) is 76.0 Å². The summed E-state index contributed by atoms with van der Waals surface area (Å²) in [5.41, 5.74) is -0.109. The van der Waals surface area contributed by atoms with Crippen LogP contribution in [0.25, 0.3) is 0 Å². The van der Waals surface area contributed by atoms with Crippen molar-refractivity contribution in [3.63, 3.8) is 0 Å². The number of rotatable bonds is 6. The molecule has 2 saturated heterocycles. The molecule has 0 amide bonds. The number of hydrogen-bond acceptors (Lipinski definition) is 4. The zero-order chi connectivity index (χ0) is 14.9. The van der Waals surface area contributed by atoms with Gasteiger partial charge in [0.05, 0.1) is 6.61 Å². The van der Waals surface area contributed by atoms with E-state index in [4.69, 9.17) is 0 Å². The van der Waals surface area contributed by atoms with Gasteiger partial charge in [-0.3, -0.25) is 9.80 Å². The van der Waals surface area contributed by atoms with E-state index in [1.165, 1.54) is 58.3 Å². The first-order chi connectivity index (χ1) is 10.1. The molecule has 122 valence electrons. The van der Waals surface area contributed by atoms with E-state index < -0.39 is 0 Å². The summed E-state index contributed by atoms with van der Waals surface area (Å²) in [7, 11) is 0. The highest BCUT2D eigenvalue weighted by Gasteiger charge is 2.36. The van der Waals surface area contributed by atoms with Gasteiger partial charge in [-0.15, -0.1) is 0 Å². The fourth-order valence-corrected chi connectivity index (χ4v) is 4.31. The topological polar surface area (TPSA) is 38.7 Å². The SMILES string of the molecule is CC(CC(C)(CO)NC1CC1)N1CCCN2CCCC2C1. The van der Waals surface area contributed by atoms with Crippen LogP contribution < -0.4 is 5.32 Å². The minimum Gasteiger partial charge on any atom is -0.394 e. The first-order valence-electron chi connectivity index (χ1n) is 8.96. The Morgan fingerprint density at radius 1 is 1.19 bits per heavy atom. The van der Waals surface area contributed by atoms with Crippen molar-refractivity contribution < 1.29 is 5.11 Å². The molecule has 2 N–H and O–H groups in total. The maximum atomic E-state index is 9.83. The highest BCUT2D eigenvalue weighted by Crippen LogP contribution is 2.27. The summed E-state index contributed by atoms with van der Waals surface area (Å²) in [4.78, 5) is 5.37. The Morgan fingerprint density at radius 3 is 2.67 bits per heavy atom. The van der Waals surface area contributed by atoms with Crippen molar-refractivity contribution in [2.75, 3.05) is 32.8 Å². The van der Waals surface area contributed by atoms with Crippen molar-refractivity contribution in [3.8, 4) is 0 Å². The fraction of sp³-hybridized carbons (Fsp3) is 1.00. The molecule has 0 aromatic heterocycles. The van der Waals surface area contributed by atoms with E-state index in [2.05, 4.69) is 29.0 Å². The lowest BCUT2D eigenvalue weighted by Gasteiger charge is -2.37. The Labute approximate surface area is 129 Å². The van der Waals surface area contributed by atoms with Gasteiger partial charge in [0.1, 0.15) is 0 Å². The smallest absolute Gasteiger partial charge is 0.0611 e. The summed E-state index contributed by atoms with van der Waals surface area (Å²) in [5, 5.41) is 13.5. The van der Waals surface area contributed by atoms with E-state index in [9.17, 15) is 5.11 Å². The van der Waals surface area contributed by atoms with Gasteiger partial charge in [-0.2, -0.15) is 0 Å². The van der Waals surface area contributed by atoms with Gasteiger partial charge < -0.3 is 10.4 Å². The fourth-order valence-electron chi connectivity index (χ4n) is 4.31. The number of aliphatic hydroxyl groups is 1. The predicted octanol–water partition coefficient (Wildman–Crippen LogP) is 1.44. The lowest BCUT2D eigenvalue weighted by Crippen LogP contribution is -2.52. The van der Waals surface area contributed by atoms with E-state index in [1.54, 1.807) is 0 Å². The number of hydrogen-bond donors (Lipinski definition) is 2. The third-order valence-corrected chi connectivity index (χ3v) is 5.68. The molecule has 4 nitrogen and oxygen atoms in total. The molecule has 2 aliphatic heterocycles. The minimum atomic E-state index is -0.109. The summed E-state index contributed by atoms with van der Waals surface area (Å²) in [6, 6.07) is 1.99. The summed E-state index contributed by atoms with van der Waals surface area (Å²) >= 11 is 0. The lowest BCUT2D eigenvalue weighted by molar-refractivity contribution is 0.108. The molecule has 4 heteroatoms. The van der Waals surface area contributed by atoms with Gasteiger partial charge in [0.2, 0.25) is 0 Å². The van der Waals surface area contributed by atoms with Crippen LogP contribution in [0, 0.1) is 0 Å². The minimum absolute atomic E-state index is 0.109. The summed E-state index contributed by atoms with van der Waals surface area (Å²) in [6.07, 6.45) is 7.67. The van der Waals surface area contributed by atoms with Crippen molar-refractivity contribution in [3.05, 3.63) is 0 Å². The van der Waals surface area contributed by atoms with Crippen LogP contribution in [0.2, 0.25) is 0 Å². The van der Waals surface area contributed by atoms with Crippen LogP contribution in [-0.2, 0) is 0 Å². The van der Waals surface area contributed by atoms with Gasteiger partial charge in [-0.1, -0.05) is 0 Å². The van der Waals surface area contributed by atoms with Crippen LogP contribution >= 0.6 is 0 Å². The first-order valence-corrected chi connectivity index (χ1v) is 8.96. The third-order valence-electron chi connectivity index (χ3n) is 5.68. The predicted molar refractivity (Wildman–Crippen MR) is 86.5 cm³/mol. The van der Waals surface area contributed by atoms with E-state index in [-0.39, 0.29) is 12.1 Å². The highest BCUT2D eigenvalue weighted by molar-refractivity contribution is 4.95. The van der Waals surface area contributed by atoms with Crippen LogP contribution in [0.5, 0.6) is 0 Å². The van der Waals surface area contributed by atoms with Crippen molar-refractivity contribution in [1.29, 1.82) is 0 Å². The zero-order valence-corrected chi connectivity index (χ0v) is 13.9. The van der Waals surface area contributed by atoms with Crippen molar-refractivity contribution in [1.82, 2.24) is 15.1 Å². The summed E-state index contributed by atoms with van der Waals surface area (Å²) in [6.45, 7) is 9.84. The molecule has 0 bridgehead atoms. The van der Waals surface area contributed by atoms with Crippen LogP contribution in [0.1, 0.15) is 52.4 Å². The second-order valence-electron chi connectivity index (χ2n) is 7.87. The first kappa shape index (κ1) is 15.7. The maximum absolute atomic E-state index is 9.83. The molecule has 0 spiro atoms. The van der Waals surface area contributed by atoms with E-state index >= 15 is 0 Å². The Bertz CT molecular complexity index is 347. The van der Waals surface area contributed by atoms with E-state index in [1.807, 2.05) is 0 Å². The standard InChI is InChI=1S/C17H33N3O/c1-14(11-17(2,13-21)18-15-6-7-15)20-10-4-9-19-8-3-5-16(19)12-20/h14-16,18,21H,3-13H2,1-2H3. The third kappa shape index (κ3) is 3.98. The second kappa shape index (κ2) is 6.53. The molecule has 1 saturated carbocycles. The van der Waals surface area contributed by atoms with Gasteiger partial charge in [0, 0.05) is 30.2 Å². The molecule has 0 aromatic carbocycles. The molecule has 2 heterocycles. The van der Waals surface area contributed by atoms with Crippen LogP contribution in [0.3, 0.4) is 0 Å². The van der Waals surface area contributed by atoms with Crippen LogP contribution in [0.15, 0.2) is 0 Å². The molecule has 3 aliphatic rings. The molecule has 3 unspecified atom stereocenters. The average molecular weight is 295 g/mol. The molecule has 0 radical (unpaired) electrons. The quantitative estimate of drug-likeness (QED) is 0.778. The van der Waals surface area contributed by atoms with Gasteiger partial charge in [0.15, 0.2) is 0 Å². The monoisotopic (exact) mass is 295 g/mol. The summed E-state index contributed by atoms with van der Waals surface area (Å²) in [5.74, 6) is 0. The molecule has 3 atom stereocenters. The molecule has 0 aromatic rings. The molecule has 3 rings (SSSR count). The lowest BCUT2D eigenvalue weighted by atomic mass is 9.93. The molecule has 3 fully saturated rings. The number of nitrogens with zero attached hydrogens (tertiary/aromatic N) is 2. The van der Waals surface area contributed by atoms with Crippen LogP contribution in [0.4, 0.5) is 0 Å². The van der Waals surface area contributed by atoms with E-state index in [0.717, 1.165) is 12.5 Å². The van der Waals surface area contributed by atoms with Gasteiger partial charge >= 0.3 is 0 Å². The Morgan fingerprint density at radius 2 is 1.95 bits per heavy atom. The summed E-state index contributed by atoms with van der Waals surface area (Å²) < 4.78 is 0. The van der Waals surface area contributed by atoms with Crippen molar-refractivity contribution in [2.24, 2.45) is 0 Å². The molecular weight excluding hydrogens is 262 g/mol. The second-order valence-corrected chi connectivity index (χ2v) is 7.87. The molecule has 21 heavy (non-hydrogen) atoms. The van der Waals surface area contributed by atoms with Gasteiger partial charge in [0.25, 0.3) is 0 Å².